The van der Waals surface area contributed by atoms with E-state index in [2.05, 4.69) is 37.5 Å². The molecular formula is C25H42FN3O6. The van der Waals surface area contributed by atoms with E-state index in [1.165, 1.54) is 11.1 Å². The molecule has 3 fully saturated rings. The molecule has 2 amide bonds. The minimum Gasteiger partial charge on any atom is -0.443 e. The number of carbonyl (C=O) groups excluding carboxylic acids is 2. The summed E-state index contributed by atoms with van der Waals surface area (Å²) in [7, 11) is 1.67. The second-order valence-corrected chi connectivity index (χ2v) is 10.3. The molecule has 0 bridgehead atoms. The van der Waals surface area contributed by atoms with Crippen LogP contribution in [0.4, 0.5) is 9.28 Å². The quantitative estimate of drug-likeness (QED) is 0.146. The first kappa shape index (κ1) is 27.8. The van der Waals surface area contributed by atoms with Crippen LogP contribution < -0.4 is 16.2 Å². The number of alkyl carbamates (subject to hydrolysis) is 1. The van der Waals surface area contributed by atoms with Gasteiger partial charge in [-0.1, -0.05) is 24.5 Å². The summed E-state index contributed by atoms with van der Waals surface area (Å²) in [6.07, 6.45) is 7.04. The van der Waals surface area contributed by atoms with E-state index in [9.17, 15) is 14.1 Å². The Morgan fingerprint density at radius 1 is 1.14 bits per heavy atom. The average Bonchev–Trinajstić information content (AvgIpc) is 3.72. The van der Waals surface area contributed by atoms with E-state index in [4.69, 9.17) is 18.9 Å². The summed E-state index contributed by atoms with van der Waals surface area (Å²) in [5.41, 5.74) is 1.99. The van der Waals surface area contributed by atoms with Crippen molar-refractivity contribution in [2.24, 2.45) is 5.92 Å². The zero-order valence-corrected chi connectivity index (χ0v) is 21.5. The fourth-order valence-electron chi connectivity index (χ4n) is 5.39. The van der Waals surface area contributed by atoms with Gasteiger partial charge in [0, 0.05) is 20.2 Å². The number of amides is 2. The molecule has 3 aliphatic rings. The molecule has 0 aromatic carbocycles. The number of ether oxygens (including phenoxy) is 4. The molecule has 1 aliphatic carbocycles. The standard InChI is InChI=1S/C25H42FN3O6/c1-17(2)9-10-19-24(3,35-19)22-21(32-4)18(11-12-25(22)16-33-25)34-23(31)28-14-8-6-5-7-13-27-20(30)15-29-26/h9,18-19,21-22,29H,5-8,10-16H2,1-4H3,(H,27,30)(H,28,31)/t18?,19-,21+,22?,24?,25+/m1/s1. The summed E-state index contributed by atoms with van der Waals surface area (Å²) in [5.74, 6) is -0.357. The topological polar surface area (TPSA) is 114 Å². The zero-order valence-electron chi connectivity index (χ0n) is 21.5. The summed E-state index contributed by atoms with van der Waals surface area (Å²) in [6.45, 7) is 7.70. The van der Waals surface area contributed by atoms with Crippen LogP contribution in [0.15, 0.2) is 11.6 Å². The normalized spacial score (nSPS) is 33.2. The Kier molecular flexibility index (Phi) is 9.92. The number of rotatable bonds is 14. The van der Waals surface area contributed by atoms with Crippen LogP contribution in [0.25, 0.3) is 0 Å². The first-order chi connectivity index (χ1) is 16.8. The van der Waals surface area contributed by atoms with Gasteiger partial charge in [-0.05, 0) is 52.9 Å². The van der Waals surface area contributed by atoms with E-state index in [1.54, 1.807) is 7.11 Å². The Labute approximate surface area is 207 Å². The maximum atomic E-state index is 12.5. The van der Waals surface area contributed by atoms with Gasteiger partial charge in [0.2, 0.25) is 5.91 Å². The molecule has 9 nitrogen and oxygen atoms in total. The zero-order chi connectivity index (χ0) is 25.5. The van der Waals surface area contributed by atoms with Gasteiger partial charge in [-0.15, -0.1) is 10.0 Å². The molecule has 3 unspecified atom stereocenters. The molecule has 3 N–H and O–H groups in total. The number of hydrogen-bond acceptors (Lipinski definition) is 7. The lowest BCUT2D eigenvalue weighted by atomic mass is 9.68. The second-order valence-electron chi connectivity index (χ2n) is 10.3. The molecule has 0 aromatic rings. The van der Waals surface area contributed by atoms with Crippen molar-refractivity contribution in [3.05, 3.63) is 11.6 Å². The molecule has 6 atom stereocenters. The summed E-state index contributed by atoms with van der Waals surface area (Å²) in [5, 5.41) is 5.47. The number of unbranched alkanes of at least 4 members (excludes halogenated alkanes) is 3. The van der Waals surface area contributed by atoms with Gasteiger partial charge in [-0.3, -0.25) is 4.79 Å². The highest BCUT2D eigenvalue weighted by atomic mass is 19.2. The highest BCUT2D eigenvalue weighted by Gasteiger charge is 2.72. The highest BCUT2D eigenvalue weighted by molar-refractivity contribution is 5.77. The fraction of sp³-hybridized carbons (Fsp3) is 0.840. The number of nitrogens with one attached hydrogen (secondary N) is 3. The lowest BCUT2D eigenvalue weighted by Gasteiger charge is -2.42. The van der Waals surface area contributed by atoms with Gasteiger partial charge in [0.25, 0.3) is 0 Å². The Hall–Kier alpha value is -1.75. The molecule has 35 heavy (non-hydrogen) atoms. The number of methoxy groups -OCH3 is 1. The number of epoxide rings is 2. The molecular weight excluding hydrogens is 457 g/mol. The number of halogens is 1. The van der Waals surface area contributed by atoms with Gasteiger partial charge in [-0.2, -0.15) is 0 Å². The van der Waals surface area contributed by atoms with Gasteiger partial charge in [0.15, 0.2) is 0 Å². The second kappa shape index (κ2) is 12.5. The first-order valence-electron chi connectivity index (χ1n) is 12.8. The number of carbonyl (C=O) groups is 2. The largest absolute Gasteiger partial charge is 0.443 e. The third-order valence-electron chi connectivity index (χ3n) is 7.42. The minimum atomic E-state index is -0.433. The van der Waals surface area contributed by atoms with Crippen molar-refractivity contribution >= 4 is 12.0 Å². The summed E-state index contributed by atoms with van der Waals surface area (Å²) < 4.78 is 35.7. The van der Waals surface area contributed by atoms with E-state index in [0.717, 1.165) is 38.5 Å². The Morgan fingerprint density at radius 3 is 2.43 bits per heavy atom. The van der Waals surface area contributed by atoms with Crippen LogP contribution in [0.5, 0.6) is 0 Å². The smallest absolute Gasteiger partial charge is 0.407 e. The number of allylic oxidation sites excluding steroid dienone is 1. The number of hydrogen-bond donors (Lipinski definition) is 3. The molecule has 200 valence electrons. The van der Waals surface area contributed by atoms with Crippen molar-refractivity contribution in [2.75, 3.05) is 33.4 Å². The van der Waals surface area contributed by atoms with E-state index < -0.39 is 6.09 Å². The molecule has 1 saturated carbocycles. The Morgan fingerprint density at radius 2 is 1.83 bits per heavy atom. The average molecular weight is 500 g/mol. The summed E-state index contributed by atoms with van der Waals surface area (Å²) in [6, 6.07) is 0. The molecule has 2 aliphatic heterocycles. The molecule has 0 radical (unpaired) electrons. The molecule has 1 spiro atoms. The monoisotopic (exact) mass is 499 g/mol. The van der Waals surface area contributed by atoms with Gasteiger partial charge >= 0.3 is 6.09 Å². The molecule has 10 heteroatoms. The van der Waals surface area contributed by atoms with Gasteiger partial charge in [-0.25, -0.2) is 4.79 Å². The minimum absolute atomic E-state index is 0.00305. The predicted octanol–water partition coefficient (Wildman–Crippen LogP) is 2.94. The maximum absolute atomic E-state index is 12.5. The van der Waals surface area contributed by atoms with Crippen LogP contribution in [0, 0.1) is 5.92 Å². The molecule has 3 rings (SSSR count). The van der Waals surface area contributed by atoms with E-state index in [1.807, 2.05) is 0 Å². The third-order valence-corrected chi connectivity index (χ3v) is 7.42. The van der Waals surface area contributed by atoms with Crippen LogP contribution in [0.3, 0.4) is 0 Å². The first-order valence-corrected chi connectivity index (χ1v) is 12.8. The lowest BCUT2D eigenvalue weighted by Crippen LogP contribution is -2.56. The highest BCUT2D eigenvalue weighted by Crippen LogP contribution is 2.59. The fourth-order valence-corrected chi connectivity index (χ4v) is 5.39. The summed E-state index contributed by atoms with van der Waals surface area (Å²) in [4.78, 5) is 23.6. The van der Waals surface area contributed by atoms with Crippen LogP contribution >= 0.6 is 0 Å². The van der Waals surface area contributed by atoms with Gasteiger partial charge < -0.3 is 29.6 Å². The maximum Gasteiger partial charge on any atom is 0.407 e. The third kappa shape index (κ3) is 7.38. The van der Waals surface area contributed by atoms with Gasteiger partial charge in [0.1, 0.15) is 30.0 Å². The lowest BCUT2D eigenvalue weighted by molar-refractivity contribution is -0.120. The summed E-state index contributed by atoms with van der Waals surface area (Å²) >= 11 is 0. The SMILES string of the molecule is CO[C@H]1C(OC(=O)NCCCCCCNC(=O)CNF)CC[C@]2(CO2)C1C1(C)O[C@@H]1CC=C(C)C. The van der Waals surface area contributed by atoms with Crippen molar-refractivity contribution in [1.82, 2.24) is 16.2 Å². The van der Waals surface area contributed by atoms with E-state index in [0.29, 0.717) is 26.1 Å². The van der Waals surface area contributed by atoms with Crippen molar-refractivity contribution in [1.29, 1.82) is 0 Å². The molecule has 2 heterocycles. The van der Waals surface area contributed by atoms with Crippen molar-refractivity contribution in [3.8, 4) is 0 Å². The Balaban J connectivity index is 1.40. The Bertz CT molecular complexity index is 757. The van der Waals surface area contributed by atoms with Crippen LogP contribution in [-0.4, -0.2) is 74.9 Å². The molecule has 0 aromatic heterocycles. The van der Waals surface area contributed by atoms with Crippen LogP contribution in [0.2, 0.25) is 0 Å². The van der Waals surface area contributed by atoms with Crippen molar-refractivity contribution < 1.29 is 33.0 Å². The van der Waals surface area contributed by atoms with Crippen LogP contribution in [0.1, 0.15) is 65.7 Å². The predicted molar refractivity (Wildman–Crippen MR) is 128 cm³/mol. The van der Waals surface area contributed by atoms with Crippen LogP contribution in [-0.2, 0) is 23.7 Å². The van der Waals surface area contributed by atoms with Crippen molar-refractivity contribution in [3.63, 3.8) is 0 Å². The van der Waals surface area contributed by atoms with E-state index in [-0.39, 0.29) is 47.9 Å². The van der Waals surface area contributed by atoms with E-state index >= 15 is 0 Å². The molecule has 2 saturated heterocycles. The van der Waals surface area contributed by atoms with Gasteiger partial charge in [0.05, 0.1) is 18.6 Å². The van der Waals surface area contributed by atoms with Crippen molar-refractivity contribution in [2.45, 2.75) is 95.2 Å².